The fourth-order valence-electron chi connectivity index (χ4n) is 4.55. The van der Waals surface area contributed by atoms with Gasteiger partial charge in [0, 0.05) is 39.4 Å². The van der Waals surface area contributed by atoms with Crippen LogP contribution in [0.4, 0.5) is 23.0 Å². The SMILES string of the molecule is C=CC(=O)Nc1cc(Nc2ncc(C(=O)OC(C)C)c(-n3c(=O)n(C)c4ccccc43)n2)c(OC)cc1N(C)CCN(C)C. The van der Waals surface area contributed by atoms with Crippen molar-refractivity contribution < 1.29 is 19.1 Å². The molecule has 2 N–H and O–H groups in total. The van der Waals surface area contributed by atoms with Crippen molar-refractivity contribution in [2.24, 2.45) is 7.05 Å². The number of nitrogens with one attached hydrogen (secondary N) is 2. The van der Waals surface area contributed by atoms with Crippen LogP contribution in [-0.4, -0.2) is 83.3 Å². The zero-order valence-corrected chi connectivity index (χ0v) is 26.0. The molecule has 4 aromatic rings. The largest absolute Gasteiger partial charge is 0.494 e. The number of rotatable bonds is 12. The molecule has 0 saturated carbocycles. The van der Waals surface area contributed by atoms with E-state index in [1.165, 1.54) is 28.5 Å². The average Bonchev–Trinajstić information content (AvgIpc) is 3.24. The molecule has 4 rings (SSSR count). The molecular weight excluding hydrogens is 564 g/mol. The lowest BCUT2D eigenvalue weighted by Gasteiger charge is -2.26. The quantitative estimate of drug-likeness (QED) is 0.183. The van der Waals surface area contributed by atoms with Crippen LogP contribution in [0.5, 0.6) is 5.75 Å². The van der Waals surface area contributed by atoms with Crippen LogP contribution in [0.15, 0.2) is 60.0 Å². The van der Waals surface area contributed by atoms with Crippen LogP contribution < -0.4 is 26.0 Å². The van der Waals surface area contributed by atoms with Crippen LogP contribution in [0.1, 0.15) is 24.2 Å². The third kappa shape index (κ3) is 6.73. The van der Waals surface area contributed by atoms with Gasteiger partial charge in [-0.3, -0.25) is 9.36 Å². The van der Waals surface area contributed by atoms with Crippen LogP contribution in [0, 0.1) is 0 Å². The lowest BCUT2D eigenvalue weighted by molar-refractivity contribution is -0.111. The molecule has 0 bridgehead atoms. The number of imidazole rings is 1. The van der Waals surface area contributed by atoms with E-state index in [2.05, 4.69) is 32.1 Å². The molecule has 2 aromatic carbocycles. The Morgan fingerprint density at radius 2 is 1.80 bits per heavy atom. The number of carbonyl (C=O) groups excluding carboxylic acids is 2. The number of fused-ring (bicyclic) bond motifs is 1. The molecule has 0 aliphatic carbocycles. The first-order chi connectivity index (χ1) is 20.9. The second-order valence-electron chi connectivity index (χ2n) is 10.7. The van der Waals surface area contributed by atoms with E-state index in [1.54, 1.807) is 51.2 Å². The van der Waals surface area contributed by atoms with Gasteiger partial charge in [-0.1, -0.05) is 18.7 Å². The van der Waals surface area contributed by atoms with E-state index in [1.807, 2.05) is 32.1 Å². The predicted molar refractivity (Wildman–Crippen MR) is 172 cm³/mol. The summed E-state index contributed by atoms with van der Waals surface area (Å²) < 4.78 is 14.0. The number of anilines is 4. The van der Waals surface area contributed by atoms with E-state index in [-0.39, 0.29) is 23.2 Å². The highest BCUT2D eigenvalue weighted by molar-refractivity contribution is 6.02. The van der Waals surface area contributed by atoms with Gasteiger partial charge in [-0.15, -0.1) is 0 Å². The number of esters is 1. The molecule has 0 unspecified atom stereocenters. The molecule has 2 aromatic heterocycles. The average molecular weight is 603 g/mol. The molecule has 0 aliphatic heterocycles. The molecule has 13 nitrogen and oxygen atoms in total. The molecule has 0 atom stereocenters. The van der Waals surface area contributed by atoms with Crippen LogP contribution in [0.2, 0.25) is 0 Å². The van der Waals surface area contributed by atoms with E-state index < -0.39 is 17.8 Å². The Kier molecular flexibility index (Phi) is 9.69. The van der Waals surface area contributed by atoms with Gasteiger partial charge in [0.05, 0.1) is 41.3 Å². The monoisotopic (exact) mass is 602 g/mol. The Morgan fingerprint density at radius 1 is 1.09 bits per heavy atom. The van der Waals surface area contributed by atoms with Crippen molar-refractivity contribution in [2.45, 2.75) is 20.0 Å². The highest BCUT2D eigenvalue weighted by Gasteiger charge is 2.24. The zero-order valence-electron chi connectivity index (χ0n) is 26.0. The summed E-state index contributed by atoms with van der Waals surface area (Å²) >= 11 is 0. The van der Waals surface area contributed by atoms with Crippen molar-refractivity contribution in [2.75, 3.05) is 56.9 Å². The first-order valence-corrected chi connectivity index (χ1v) is 14.0. The van der Waals surface area contributed by atoms with E-state index in [9.17, 15) is 14.4 Å². The van der Waals surface area contributed by atoms with Crippen molar-refractivity contribution in [3.05, 3.63) is 71.3 Å². The number of para-hydroxylation sites is 2. The number of aromatic nitrogens is 4. The van der Waals surface area contributed by atoms with Gasteiger partial charge >= 0.3 is 11.7 Å². The van der Waals surface area contributed by atoms with Crippen LogP contribution >= 0.6 is 0 Å². The molecule has 44 heavy (non-hydrogen) atoms. The Morgan fingerprint density at radius 3 is 2.43 bits per heavy atom. The van der Waals surface area contributed by atoms with E-state index in [0.29, 0.717) is 34.7 Å². The maximum atomic E-state index is 13.4. The van der Waals surface area contributed by atoms with Crippen LogP contribution in [0.3, 0.4) is 0 Å². The van der Waals surface area contributed by atoms with E-state index >= 15 is 0 Å². The number of hydrogen-bond acceptors (Lipinski definition) is 10. The minimum absolute atomic E-state index is 0.0199. The lowest BCUT2D eigenvalue weighted by Crippen LogP contribution is -2.29. The molecule has 0 aliphatic rings. The topological polar surface area (TPSA) is 136 Å². The number of aryl methyl sites for hydroxylation is 1. The highest BCUT2D eigenvalue weighted by Crippen LogP contribution is 2.38. The van der Waals surface area contributed by atoms with Crippen molar-refractivity contribution in [3.8, 4) is 11.6 Å². The molecule has 0 radical (unpaired) electrons. The fourth-order valence-corrected chi connectivity index (χ4v) is 4.55. The molecule has 0 fully saturated rings. The number of methoxy groups -OCH3 is 1. The van der Waals surface area contributed by atoms with Crippen molar-refractivity contribution in [3.63, 3.8) is 0 Å². The van der Waals surface area contributed by atoms with Crippen LogP contribution in [-0.2, 0) is 16.6 Å². The number of carbonyl (C=O) groups is 2. The van der Waals surface area contributed by atoms with Gasteiger partial charge in [-0.2, -0.15) is 4.98 Å². The number of hydrogen-bond donors (Lipinski definition) is 2. The molecule has 0 saturated heterocycles. The summed E-state index contributed by atoms with van der Waals surface area (Å²) in [4.78, 5) is 52.0. The van der Waals surface area contributed by atoms with Crippen molar-refractivity contribution >= 4 is 45.9 Å². The Bertz CT molecular complexity index is 1760. The van der Waals surface area contributed by atoms with Crippen molar-refractivity contribution in [1.82, 2.24) is 24.0 Å². The number of likely N-dealkylation sites (N-methyl/N-ethyl adjacent to an activating group) is 2. The summed E-state index contributed by atoms with van der Waals surface area (Å²) in [6.45, 7) is 8.49. The fraction of sp³-hybridized carbons (Fsp3) is 0.323. The third-order valence-corrected chi connectivity index (χ3v) is 6.81. The van der Waals surface area contributed by atoms with E-state index in [0.717, 1.165) is 12.2 Å². The number of nitrogens with zero attached hydrogens (tertiary/aromatic N) is 6. The summed E-state index contributed by atoms with van der Waals surface area (Å²) in [6.07, 6.45) is 2.10. The normalized spacial score (nSPS) is 11.1. The summed E-state index contributed by atoms with van der Waals surface area (Å²) in [5.41, 5.74) is 2.50. The highest BCUT2D eigenvalue weighted by atomic mass is 16.5. The van der Waals surface area contributed by atoms with Gasteiger partial charge in [0.1, 0.15) is 11.3 Å². The number of amides is 1. The standard InChI is InChI=1S/C31H38N8O5/c1-9-27(40)33-21-16-22(26(43-8)17-25(21)37(6)15-14-36(4)5)34-30-32-18-20(29(41)44-19(2)3)28(35-30)39-24-13-11-10-12-23(24)38(7)31(39)42/h9-13,16-19H,1,14-15H2,2-8H3,(H,33,40)(H,32,34,35). The molecule has 0 spiro atoms. The summed E-state index contributed by atoms with van der Waals surface area (Å²) in [5, 5.41) is 6.00. The maximum absolute atomic E-state index is 13.4. The lowest BCUT2D eigenvalue weighted by atomic mass is 10.2. The second kappa shape index (κ2) is 13.4. The van der Waals surface area contributed by atoms with Gasteiger partial charge in [0.2, 0.25) is 11.9 Å². The zero-order chi connectivity index (χ0) is 32.1. The molecule has 232 valence electrons. The van der Waals surface area contributed by atoms with E-state index in [4.69, 9.17) is 9.47 Å². The molecule has 2 heterocycles. The predicted octanol–water partition coefficient (Wildman–Crippen LogP) is 3.56. The van der Waals surface area contributed by atoms with Gasteiger partial charge in [0.15, 0.2) is 5.82 Å². The Hall–Kier alpha value is -5.17. The number of benzene rings is 2. The molecule has 13 heteroatoms. The molecule has 1 amide bonds. The first kappa shape index (κ1) is 31.8. The third-order valence-electron chi connectivity index (χ3n) is 6.81. The van der Waals surface area contributed by atoms with Gasteiger partial charge in [-0.25, -0.2) is 19.1 Å². The van der Waals surface area contributed by atoms with Gasteiger partial charge < -0.3 is 29.9 Å². The summed E-state index contributed by atoms with van der Waals surface area (Å²) in [6, 6.07) is 10.7. The first-order valence-electron chi connectivity index (χ1n) is 14.0. The summed E-state index contributed by atoms with van der Waals surface area (Å²) in [7, 11) is 9.06. The Balaban J connectivity index is 1.85. The van der Waals surface area contributed by atoms with Crippen LogP contribution in [0.25, 0.3) is 16.9 Å². The smallest absolute Gasteiger partial charge is 0.343 e. The van der Waals surface area contributed by atoms with Gasteiger partial charge in [-0.05, 0) is 52.2 Å². The van der Waals surface area contributed by atoms with Gasteiger partial charge in [0.25, 0.3) is 0 Å². The second-order valence-corrected chi connectivity index (χ2v) is 10.7. The Labute approximate surface area is 255 Å². The minimum Gasteiger partial charge on any atom is -0.494 e. The summed E-state index contributed by atoms with van der Waals surface area (Å²) in [5.74, 6) is -0.476. The van der Waals surface area contributed by atoms with Crippen molar-refractivity contribution in [1.29, 1.82) is 0 Å². The number of ether oxygens (including phenoxy) is 2. The molecular formula is C31H38N8O5. The minimum atomic E-state index is -0.668. The maximum Gasteiger partial charge on any atom is 0.343 e.